The number of amides is 3. The largest absolute Gasteiger partial charge is 0.472 e. The Morgan fingerprint density at radius 2 is 1.77 bits per heavy atom. The fourth-order valence-corrected chi connectivity index (χ4v) is 2.30. The van der Waals surface area contributed by atoms with Crippen LogP contribution < -0.4 is 5.73 Å². The summed E-state index contributed by atoms with van der Waals surface area (Å²) in [6, 6.07) is 1.62. The monoisotopic (exact) mass is 307 g/mol. The first-order valence-electron chi connectivity index (χ1n) is 7.20. The second kappa shape index (κ2) is 6.21. The van der Waals surface area contributed by atoms with E-state index in [9.17, 15) is 14.4 Å². The number of nitrogens with two attached hydrogens (primary N) is 1. The van der Waals surface area contributed by atoms with E-state index in [-0.39, 0.29) is 18.2 Å². The van der Waals surface area contributed by atoms with Crippen molar-refractivity contribution in [1.82, 2.24) is 9.80 Å². The van der Waals surface area contributed by atoms with Crippen LogP contribution in [0.25, 0.3) is 0 Å². The molecule has 0 atom stereocenters. The summed E-state index contributed by atoms with van der Waals surface area (Å²) < 4.78 is 4.91. The first kappa shape index (κ1) is 16.1. The summed E-state index contributed by atoms with van der Waals surface area (Å²) in [5.41, 5.74) is 4.94. The van der Waals surface area contributed by atoms with Crippen molar-refractivity contribution in [2.75, 3.05) is 26.2 Å². The van der Waals surface area contributed by atoms with Crippen molar-refractivity contribution in [3.05, 3.63) is 24.2 Å². The molecular weight excluding hydrogens is 286 g/mol. The Morgan fingerprint density at radius 1 is 1.18 bits per heavy atom. The Morgan fingerprint density at radius 3 is 2.27 bits per heavy atom. The number of carbonyl (C=O) groups excluding carboxylic acids is 3. The molecule has 3 amide bonds. The van der Waals surface area contributed by atoms with Gasteiger partial charge >= 0.3 is 0 Å². The summed E-state index contributed by atoms with van der Waals surface area (Å²) in [7, 11) is 0. The Balaban J connectivity index is 1.88. The third-order valence-corrected chi connectivity index (χ3v) is 3.95. The molecule has 0 saturated carbocycles. The Bertz CT molecular complexity index is 557. The number of rotatable bonds is 4. The van der Waals surface area contributed by atoms with Crippen LogP contribution in [0, 0.1) is 5.41 Å². The first-order chi connectivity index (χ1) is 10.3. The van der Waals surface area contributed by atoms with Gasteiger partial charge in [0.15, 0.2) is 0 Å². The van der Waals surface area contributed by atoms with Gasteiger partial charge in [-0.1, -0.05) is 13.8 Å². The standard InChI is InChI=1S/C15H21N3O4/c1-15(2,14(16)21)9-12(19)17-4-6-18(7-5-17)13(20)11-3-8-22-10-11/h3,8,10H,4-7,9H2,1-2H3,(H2,16,21). The van der Waals surface area contributed by atoms with Gasteiger partial charge in [-0.15, -0.1) is 0 Å². The van der Waals surface area contributed by atoms with Gasteiger partial charge in [-0.25, -0.2) is 0 Å². The molecule has 0 bridgehead atoms. The number of hydrogen-bond acceptors (Lipinski definition) is 4. The summed E-state index contributed by atoms with van der Waals surface area (Å²) in [5, 5.41) is 0. The van der Waals surface area contributed by atoms with Crippen molar-refractivity contribution in [3.8, 4) is 0 Å². The van der Waals surface area contributed by atoms with Crippen LogP contribution in [0.1, 0.15) is 30.6 Å². The molecule has 1 aliphatic rings. The zero-order valence-electron chi connectivity index (χ0n) is 12.9. The van der Waals surface area contributed by atoms with Crippen LogP contribution in [-0.2, 0) is 9.59 Å². The molecular formula is C15H21N3O4. The molecule has 2 N–H and O–H groups in total. The SMILES string of the molecule is CC(C)(CC(=O)N1CCN(C(=O)c2ccoc2)CC1)C(N)=O. The maximum atomic E-state index is 12.2. The maximum absolute atomic E-state index is 12.2. The lowest BCUT2D eigenvalue weighted by atomic mass is 9.88. The summed E-state index contributed by atoms with van der Waals surface area (Å²) in [5.74, 6) is -0.702. The second-order valence-electron chi connectivity index (χ2n) is 6.11. The molecule has 7 heteroatoms. The van der Waals surface area contributed by atoms with Gasteiger partial charge in [-0.2, -0.15) is 0 Å². The molecule has 0 radical (unpaired) electrons. The van der Waals surface area contributed by atoms with Crippen molar-refractivity contribution in [3.63, 3.8) is 0 Å². The summed E-state index contributed by atoms with van der Waals surface area (Å²) in [6.07, 6.45) is 2.95. The van der Waals surface area contributed by atoms with E-state index in [1.54, 1.807) is 29.7 Å². The number of primary amides is 1. The van der Waals surface area contributed by atoms with Crippen LogP contribution >= 0.6 is 0 Å². The minimum atomic E-state index is -0.860. The molecule has 1 saturated heterocycles. The zero-order valence-corrected chi connectivity index (χ0v) is 12.9. The quantitative estimate of drug-likeness (QED) is 0.874. The number of furan rings is 1. The van der Waals surface area contributed by atoms with Crippen LogP contribution in [0.4, 0.5) is 0 Å². The average molecular weight is 307 g/mol. The summed E-state index contributed by atoms with van der Waals surface area (Å²) in [6.45, 7) is 5.16. The van der Waals surface area contributed by atoms with Crippen molar-refractivity contribution < 1.29 is 18.8 Å². The van der Waals surface area contributed by atoms with Gasteiger partial charge < -0.3 is 20.0 Å². The maximum Gasteiger partial charge on any atom is 0.257 e. The molecule has 1 fully saturated rings. The molecule has 22 heavy (non-hydrogen) atoms. The number of nitrogens with zero attached hydrogens (tertiary/aromatic N) is 2. The number of piperazine rings is 1. The molecule has 0 spiro atoms. The van der Waals surface area contributed by atoms with E-state index in [1.165, 1.54) is 12.5 Å². The predicted octanol–water partition coefficient (Wildman–Crippen LogP) is 0.466. The van der Waals surface area contributed by atoms with Gasteiger partial charge in [-0.3, -0.25) is 14.4 Å². The summed E-state index contributed by atoms with van der Waals surface area (Å²) >= 11 is 0. The van der Waals surface area contributed by atoms with E-state index in [2.05, 4.69) is 0 Å². The van der Waals surface area contributed by atoms with E-state index in [0.29, 0.717) is 31.7 Å². The number of hydrogen-bond donors (Lipinski definition) is 1. The molecule has 0 aromatic carbocycles. The minimum absolute atomic E-state index is 0.0814. The van der Waals surface area contributed by atoms with Crippen molar-refractivity contribution in [2.45, 2.75) is 20.3 Å². The smallest absolute Gasteiger partial charge is 0.257 e. The topological polar surface area (TPSA) is 96.8 Å². The van der Waals surface area contributed by atoms with E-state index in [0.717, 1.165) is 0 Å². The first-order valence-corrected chi connectivity index (χ1v) is 7.20. The van der Waals surface area contributed by atoms with Crippen molar-refractivity contribution in [1.29, 1.82) is 0 Å². The highest BCUT2D eigenvalue weighted by Gasteiger charge is 2.32. The lowest BCUT2D eigenvalue weighted by Crippen LogP contribution is -2.51. The van der Waals surface area contributed by atoms with Gasteiger partial charge in [0.1, 0.15) is 6.26 Å². The van der Waals surface area contributed by atoms with Crippen LogP contribution in [-0.4, -0.2) is 53.7 Å². The molecule has 2 rings (SSSR count). The molecule has 120 valence electrons. The fraction of sp³-hybridized carbons (Fsp3) is 0.533. The second-order valence-corrected chi connectivity index (χ2v) is 6.11. The Kier molecular flexibility index (Phi) is 4.54. The lowest BCUT2D eigenvalue weighted by Gasteiger charge is -2.35. The molecule has 1 aromatic heterocycles. The third kappa shape index (κ3) is 3.47. The Labute approximate surface area is 129 Å². The van der Waals surface area contributed by atoms with Gasteiger partial charge in [0, 0.05) is 32.6 Å². The molecule has 2 heterocycles. The van der Waals surface area contributed by atoms with E-state index >= 15 is 0 Å². The van der Waals surface area contributed by atoms with Crippen LogP contribution in [0.3, 0.4) is 0 Å². The Hall–Kier alpha value is -2.31. The van der Waals surface area contributed by atoms with Gasteiger partial charge in [0.25, 0.3) is 5.91 Å². The van der Waals surface area contributed by atoms with Gasteiger partial charge in [-0.05, 0) is 6.07 Å². The van der Waals surface area contributed by atoms with Gasteiger partial charge in [0.05, 0.1) is 17.2 Å². The van der Waals surface area contributed by atoms with Gasteiger partial charge in [0.2, 0.25) is 11.8 Å². The molecule has 1 aromatic rings. The van der Waals surface area contributed by atoms with Crippen LogP contribution in [0.5, 0.6) is 0 Å². The predicted molar refractivity (Wildman–Crippen MR) is 78.8 cm³/mol. The van der Waals surface area contributed by atoms with Crippen LogP contribution in [0.2, 0.25) is 0 Å². The van der Waals surface area contributed by atoms with E-state index < -0.39 is 11.3 Å². The van der Waals surface area contributed by atoms with Crippen molar-refractivity contribution >= 4 is 17.7 Å². The minimum Gasteiger partial charge on any atom is -0.472 e. The normalized spacial score (nSPS) is 15.7. The molecule has 7 nitrogen and oxygen atoms in total. The average Bonchev–Trinajstić information content (AvgIpc) is 3.00. The molecule has 0 unspecified atom stereocenters. The van der Waals surface area contributed by atoms with E-state index in [1.807, 2.05) is 0 Å². The van der Waals surface area contributed by atoms with E-state index in [4.69, 9.17) is 10.2 Å². The molecule has 0 aliphatic carbocycles. The highest BCUT2D eigenvalue weighted by atomic mass is 16.3. The van der Waals surface area contributed by atoms with Crippen molar-refractivity contribution in [2.24, 2.45) is 11.1 Å². The van der Waals surface area contributed by atoms with Crippen LogP contribution in [0.15, 0.2) is 23.0 Å². The highest BCUT2D eigenvalue weighted by molar-refractivity contribution is 5.94. The highest BCUT2D eigenvalue weighted by Crippen LogP contribution is 2.21. The molecule has 1 aliphatic heterocycles. The lowest BCUT2D eigenvalue weighted by molar-refractivity contribution is -0.139. The third-order valence-electron chi connectivity index (χ3n) is 3.95. The summed E-state index contributed by atoms with van der Waals surface area (Å²) in [4.78, 5) is 39.0. The number of carbonyl (C=O) groups is 3. The fourth-order valence-electron chi connectivity index (χ4n) is 2.30. The zero-order chi connectivity index (χ0) is 16.3.